The third kappa shape index (κ3) is 5.30. The van der Waals surface area contributed by atoms with Crippen LogP contribution in [0.1, 0.15) is 10.5 Å². The molecule has 3 rings (SSSR count). The Labute approximate surface area is 153 Å². The minimum atomic E-state index is -4.76. The summed E-state index contributed by atoms with van der Waals surface area (Å²) in [6, 6.07) is 6.49. The van der Waals surface area contributed by atoms with Crippen molar-refractivity contribution < 1.29 is 22.7 Å². The Kier molecular flexibility index (Phi) is 5.45. The van der Waals surface area contributed by atoms with Crippen molar-refractivity contribution in [3.8, 4) is 5.75 Å². The van der Waals surface area contributed by atoms with Crippen molar-refractivity contribution in [1.29, 1.82) is 0 Å². The van der Waals surface area contributed by atoms with E-state index in [0.29, 0.717) is 11.5 Å². The van der Waals surface area contributed by atoms with E-state index in [1.807, 2.05) is 7.05 Å². The van der Waals surface area contributed by atoms with Crippen LogP contribution >= 0.6 is 0 Å². The highest BCUT2D eigenvalue weighted by molar-refractivity contribution is 6.03. The highest BCUT2D eigenvalue weighted by Gasteiger charge is 2.31. The molecule has 0 saturated carbocycles. The van der Waals surface area contributed by atoms with E-state index < -0.39 is 12.3 Å². The first-order valence-electron chi connectivity index (χ1n) is 8.23. The van der Waals surface area contributed by atoms with Crippen molar-refractivity contribution in [3.63, 3.8) is 0 Å². The molecule has 1 aliphatic heterocycles. The molecule has 1 aliphatic rings. The van der Waals surface area contributed by atoms with Crippen LogP contribution in [0.4, 0.5) is 24.7 Å². The Hall–Kier alpha value is -2.88. The number of carbonyl (C=O) groups excluding carboxylic acids is 1. The lowest BCUT2D eigenvalue weighted by Gasteiger charge is -2.33. The van der Waals surface area contributed by atoms with Crippen LogP contribution in [0.5, 0.6) is 5.75 Å². The molecule has 0 spiro atoms. The summed E-state index contributed by atoms with van der Waals surface area (Å²) in [6.45, 7) is 3.40. The van der Waals surface area contributed by atoms with Gasteiger partial charge in [0, 0.05) is 37.9 Å². The number of ether oxygens (including phenoxy) is 1. The molecule has 10 heteroatoms. The van der Waals surface area contributed by atoms with Crippen molar-refractivity contribution in [2.24, 2.45) is 0 Å². The average molecular weight is 381 g/mol. The van der Waals surface area contributed by atoms with Crippen LogP contribution in [0.2, 0.25) is 0 Å². The maximum atomic E-state index is 12.4. The molecule has 1 aromatic carbocycles. The Bertz CT molecular complexity index is 790. The molecule has 1 saturated heterocycles. The maximum Gasteiger partial charge on any atom is 0.573 e. The summed E-state index contributed by atoms with van der Waals surface area (Å²) in [5.41, 5.74) is 0.504. The molecule has 144 valence electrons. The van der Waals surface area contributed by atoms with Crippen molar-refractivity contribution >= 4 is 17.4 Å². The van der Waals surface area contributed by atoms with E-state index in [-0.39, 0.29) is 11.4 Å². The van der Waals surface area contributed by atoms with Crippen LogP contribution in [-0.4, -0.2) is 60.4 Å². The average Bonchev–Trinajstić information content (AvgIpc) is 2.63. The Balaban J connectivity index is 1.65. The molecule has 0 radical (unpaired) electrons. The van der Waals surface area contributed by atoms with Gasteiger partial charge in [0.25, 0.3) is 5.91 Å². The van der Waals surface area contributed by atoms with Crippen LogP contribution in [0.15, 0.2) is 36.7 Å². The van der Waals surface area contributed by atoms with Crippen molar-refractivity contribution in [2.45, 2.75) is 6.36 Å². The number of halogens is 3. The molecule has 1 N–H and O–H groups in total. The molecular weight excluding hydrogens is 363 g/mol. The summed E-state index contributed by atoms with van der Waals surface area (Å²) < 4.78 is 40.3. The van der Waals surface area contributed by atoms with Gasteiger partial charge in [0.1, 0.15) is 23.6 Å². The number of hydrogen-bond donors (Lipinski definition) is 1. The highest BCUT2D eigenvalue weighted by Crippen LogP contribution is 2.24. The van der Waals surface area contributed by atoms with Gasteiger partial charge in [-0.2, -0.15) is 0 Å². The van der Waals surface area contributed by atoms with Crippen molar-refractivity contribution in [3.05, 3.63) is 42.4 Å². The van der Waals surface area contributed by atoms with Crippen LogP contribution in [0, 0.1) is 0 Å². The third-order valence-electron chi connectivity index (χ3n) is 4.06. The number of hydrogen-bond acceptors (Lipinski definition) is 6. The summed E-state index contributed by atoms with van der Waals surface area (Å²) in [5, 5.41) is 2.59. The van der Waals surface area contributed by atoms with Gasteiger partial charge >= 0.3 is 6.36 Å². The van der Waals surface area contributed by atoms with Crippen LogP contribution in [0.3, 0.4) is 0 Å². The van der Waals surface area contributed by atoms with E-state index in [1.54, 1.807) is 6.07 Å². The SMILES string of the molecule is CN1CCN(c2cc(C(=O)Nc3ccc(OC(F)(F)F)cc3)ncn2)CC1. The Morgan fingerprint density at radius 1 is 1.11 bits per heavy atom. The molecule has 0 unspecified atom stereocenters. The third-order valence-corrected chi connectivity index (χ3v) is 4.06. The van der Waals surface area contributed by atoms with Gasteiger partial charge in [-0.15, -0.1) is 13.2 Å². The molecule has 7 nitrogen and oxygen atoms in total. The molecule has 1 amide bonds. The fourth-order valence-electron chi connectivity index (χ4n) is 2.61. The van der Waals surface area contributed by atoms with E-state index >= 15 is 0 Å². The zero-order valence-electron chi connectivity index (χ0n) is 14.5. The van der Waals surface area contributed by atoms with E-state index in [4.69, 9.17) is 0 Å². The van der Waals surface area contributed by atoms with Gasteiger partial charge in [0.15, 0.2) is 0 Å². The molecule has 27 heavy (non-hydrogen) atoms. The molecule has 0 bridgehead atoms. The zero-order chi connectivity index (χ0) is 19.4. The van der Waals surface area contributed by atoms with Gasteiger partial charge in [-0.05, 0) is 31.3 Å². The first-order chi connectivity index (χ1) is 12.8. The smallest absolute Gasteiger partial charge is 0.406 e. The minimum Gasteiger partial charge on any atom is -0.406 e. The normalized spacial score (nSPS) is 15.5. The number of alkyl halides is 3. The monoisotopic (exact) mass is 381 g/mol. The predicted octanol–water partition coefficient (Wildman–Crippen LogP) is 2.38. The van der Waals surface area contributed by atoms with Crippen molar-refractivity contribution in [1.82, 2.24) is 14.9 Å². The second-order valence-electron chi connectivity index (χ2n) is 6.08. The highest BCUT2D eigenvalue weighted by atomic mass is 19.4. The fraction of sp³-hybridized carbons (Fsp3) is 0.353. The number of nitrogens with zero attached hydrogens (tertiary/aromatic N) is 4. The molecule has 1 aromatic heterocycles. The topological polar surface area (TPSA) is 70.6 Å². The van der Waals surface area contributed by atoms with E-state index in [1.165, 1.54) is 18.5 Å². The lowest BCUT2D eigenvalue weighted by atomic mass is 10.2. The number of benzene rings is 1. The zero-order valence-corrected chi connectivity index (χ0v) is 14.5. The number of likely N-dealkylation sites (N-methyl/N-ethyl adjacent to an activating group) is 1. The Morgan fingerprint density at radius 3 is 2.41 bits per heavy atom. The van der Waals surface area contributed by atoms with E-state index in [2.05, 4.69) is 29.8 Å². The van der Waals surface area contributed by atoms with E-state index in [0.717, 1.165) is 38.3 Å². The van der Waals surface area contributed by atoms with Crippen molar-refractivity contribution in [2.75, 3.05) is 43.4 Å². The molecule has 0 atom stereocenters. The number of nitrogens with one attached hydrogen (secondary N) is 1. The van der Waals surface area contributed by atoms with Crippen LogP contribution < -0.4 is 15.0 Å². The van der Waals surface area contributed by atoms with Gasteiger partial charge in [0.2, 0.25) is 0 Å². The number of piperazine rings is 1. The van der Waals surface area contributed by atoms with Crippen LogP contribution in [0.25, 0.3) is 0 Å². The van der Waals surface area contributed by atoms with Gasteiger partial charge in [-0.25, -0.2) is 9.97 Å². The van der Waals surface area contributed by atoms with Gasteiger partial charge in [-0.3, -0.25) is 4.79 Å². The summed E-state index contributed by atoms with van der Waals surface area (Å²) >= 11 is 0. The summed E-state index contributed by atoms with van der Waals surface area (Å²) in [6.07, 6.45) is -3.44. The standard InChI is InChI=1S/C17H18F3N5O2/c1-24-6-8-25(9-7-24)15-10-14(21-11-22-15)16(26)23-12-2-4-13(5-3-12)27-17(18,19)20/h2-5,10-11H,6-9H2,1H3,(H,23,26). The van der Waals surface area contributed by atoms with Crippen LogP contribution in [-0.2, 0) is 0 Å². The number of aromatic nitrogens is 2. The first kappa shape index (κ1) is 18.9. The second kappa shape index (κ2) is 7.78. The predicted molar refractivity (Wildman–Crippen MR) is 92.8 cm³/mol. The minimum absolute atomic E-state index is 0.176. The first-order valence-corrected chi connectivity index (χ1v) is 8.23. The maximum absolute atomic E-state index is 12.4. The fourth-order valence-corrected chi connectivity index (χ4v) is 2.61. The molecule has 1 fully saturated rings. The second-order valence-corrected chi connectivity index (χ2v) is 6.08. The van der Waals surface area contributed by atoms with Gasteiger partial charge in [-0.1, -0.05) is 0 Å². The van der Waals surface area contributed by atoms with Gasteiger partial charge in [0.05, 0.1) is 0 Å². The number of carbonyl (C=O) groups is 1. The molecular formula is C17H18F3N5O2. The lowest BCUT2D eigenvalue weighted by molar-refractivity contribution is -0.274. The molecule has 2 aromatic rings. The lowest BCUT2D eigenvalue weighted by Crippen LogP contribution is -2.44. The van der Waals surface area contributed by atoms with Gasteiger partial charge < -0.3 is 19.9 Å². The quantitative estimate of drug-likeness (QED) is 0.877. The number of rotatable bonds is 4. The largest absolute Gasteiger partial charge is 0.573 e. The number of amides is 1. The van der Waals surface area contributed by atoms with E-state index in [9.17, 15) is 18.0 Å². The summed E-state index contributed by atoms with van der Waals surface area (Å²) in [4.78, 5) is 24.8. The number of anilines is 2. The molecule has 2 heterocycles. The molecule has 0 aliphatic carbocycles. The summed E-state index contributed by atoms with van der Waals surface area (Å²) in [7, 11) is 2.04. The summed E-state index contributed by atoms with van der Waals surface area (Å²) in [5.74, 6) is -0.172. The Morgan fingerprint density at radius 2 is 1.78 bits per heavy atom.